The highest BCUT2D eigenvalue weighted by molar-refractivity contribution is 5.75. The molecular weight excluding hydrogens is 266 g/mol. The monoisotopic (exact) mass is 293 g/mol. The van der Waals surface area contributed by atoms with Crippen LogP contribution in [0.25, 0.3) is 0 Å². The summed E-state index contributed by atoms with van der Waals surface area (Å²) >= 11 is 0. The quantitative estimate of drug-likeness (QED) is 0.875. The lowest BCUT2D eigenvalue weighted by Gasteiger charge is -2.40. The number of aromatic nitrogens is 2. The van der Waals surface area contributed by atoms with Crippen molar-refractivity contribution >= 4 is 5.97 Å². The smallest absolute Gasteiger partial charge is 0.310 e. The van der Waals surface area contributed by atoms with Gasteiger partial charge in [0, 0.05) is 31.9 Å². The van der Waals surface area contributed by atoms with E-state index >= 15 is 0 Å². The maximum atomic E-state index is 11.7. The van der Waals surface area contributed by atoms with Crippen molar-refractivity contribution in [2.24, 2.45) is 12.5 Å². The van der Waals surface area contributed by atoms with E-state index in [1.54, 1.807) is 0 Å². The first-order chi connectivity index (χ1) is 10.0. The van der Waals surface area contributed by atoms with Crippen molar-refractivity contribution in [3.8, 4) is 0 Å². The van der Waals surface area contributed by atoms with Gasteiger partial charge >= 0.3 is 5.97 Å². The van der Waals surface area contributed by atoms with Crippen molar-refractivity contribution in [2.75, 3.05) is 13.1 Å². The molecule has 1 aromatic rings. The molecule has 1 N–H and O–H groups in total. The number of piperidine rings is 1. The largest absolute Gasteiger partial charge is 0.481 e. The Labute approximate surface area is 126 Å². The van der Waals surface area contributed by atoms with Crippen LogP contribution in [0.5, 0.6) is 0 Å². The first kappa shape index (κ1) is 16.0. The Morgan fingerprint density at radius 3 is 2.86 bits per heavy atom. The summed E-state index contributed by atoms with van der Waals surface area (Å²) in [6, 6.07) is 0. The fraction of sp³-hybridized carbons (Fsp3) is 0.750. The van der Waals surface area contributed by atoms with Crippen molar-refractivity contribution < 1.29 is 9.90 Å². The summed E-state index contributed by atoms with van der Waals surface area (Å²) in [4.78, 5) is 14.0. The van der Waals surface area contributed by atoms with Crippen LogP contribution in [-0.2, 0) is 24.8 Å². The van der Waals surface area contributed by atoms with Gasteiger partial charge in [-0.3, -0.25) is 14.4 Å². The third-order valence-corrected chi connectivity index (χ3v) is 4.56. The fourth-order valence-corrected chi connectivity index (χ4v) is 3.58. The molecule has 1 saturated heterocycles. The maximum Gasteiger partial charge on any atom is 0.310 e. The van der Waals surface area contributed by atoms with Gasteiger partial charge in [-0.25, -0.2) is 0 Å². The van der Waals surface area contributed by atoms with Crippen LogP contribution in [0.3, 0.4) is 0 Å². The second kappa shape index (κ2) is 6.60. The molecular formula is C16H27N3O2. The average molecular weight is 293 g/mol. The SMILES string of the molecule is CCCC1(C(=O)O)CCCN(Cc2cn(C)nc2CC)C1. The first-order valence-electron chi connectivity index (χ1n) is 7.98. The summed E-state index contributed by atoms with van der Waals surface area (Å²) in [7, 11) is 1.94. The van der Waals surface area contributed by atoms with Crippen molar-refractivity contribution in [3.63, 3.8) is 0 Å². The summed E-state index contributed by atoms with van der Waals surface area (Å²) in [6.07, 6.45) is 6.45. The van der Waals surface area contributed by atoms with E-state index in [-0.39, 0.29) is 0 Å². The van der Waals surface area contributed by atoms with Crippen LogP contribution in [-0.4, -0.2) is 38.8 Å². The molecule has 0 aliphatic carbocycles. The molecule has 21 heavy (non-hydrogen) atoms. The summed E-state index contributed by atoms with van der Waals surface area (Å²) in [5.41, 5.74) is 1.80. The van der Waals surface area contributed by atoms with Gasteiger partial charge in [0.05, 0.1) is 11.1 Å². The number of rotatable bonds is 6. The predicted octanol–water partition coefficient (Wildman–Crippen LogP) is 2.45. The van der Waals surface area contributed by atoms with Crippen molar-refractivity contribution in [1.29, 1.82) is 0 Å². The van der Waals surface area contributed by atoms with E-state index in [2.05, 4.69) is 30.0 Å². The Bertz CT molecular complexity index is 494. The maximum absolute atomic E-state index is 11.7. The summed E-state index contributed by atoms with van der Waals surface area (Å²) < 4.78 is 1.86. The Balaban J connectivity index is 2.11. The zero-order chi connectivity index (χ0) is 15.5. The lowest BCUT2D eigenvalue weighted by Crippen LogP contribution is -2.47. The number of carboxylic acids is 1. The minimum absolute atomic E-state index is 0.554. The molecule has 5 heteroatoms. The van der Waals surface area contributed by atoms with Gasteiger partial charge in [0.15, 0.2) is 0 Å². The minimum Gasteiger partial charge on any atom is -0.481 e. The number of carboxylic acid groups (broad SMARTS) is 1. The standard InChI is InChI=1S/C16H27N3O2/c1-4-7-16(15(20)21)8-6-9-19(12-16)11-13-10-18(3)17-14(13)5-2/h10H,4-9,11-12H2,1-3H3,(H,20,21). The van der Waals surface area contributed by atoms with Crippen LogP contribution in [0.15, 0.2) is 6.20 Å². The highest BCUT2D eigenvalue weighted by Gasteiger charge is 2.41. The van der Waals surface area contributed by atoms with Crippen molar-refractivity contribution in [2.45, 2.75) is 52.5 Å². The van der Waals surface area contributed by atoms with Gasteiger partial charge in [-0.05, 0) is 32.2 Å². The molecule has 1 fully saturated rings. The van der Waals surface area contributed by atoms with Crippen LogP contribution in [0.2, 0.25) is 0 Å². The molecule has 5 nitrogen and oxygen atoms in total. The second-order valence-electron chi connectivity index (χ2n) is 6.28. The minimum atomic E-state index is -0.629. The van der Waals surface area contributed by atoms with Crippen LogP contribution in [0.4, 0.5) is 0 Å². The van der Waals surface area contributed by atoms with Crippen LogP contribution in [0, 0.1) is 5.41 Å². The fourth-order valence-electron chi connectivity index (χ4n) is 3.58. The molecule has 1 aliphatic heterocycles. The van der Waals surface area contributed by atoms with Crippen molar-refractivity contribution in [3.05, 3.63) is 17.5 Å². The number of carbonyl (C=O) groups is 1. The number of hydrogen-bond donors (Lipinski definition) is 1. The number of likely N-dealkylation sites (tertiary alicyclic amines) is 1. The number of nitrogens with zero attached hydrogens (tertiary/aromatic N) is 3. The van der Waals surface area contributed by atoms with E-state index < -0.39 is 11.4 Å². The Hall–Kier alpha value is -1.36. The zero-order valence-corrected chi connectivity index (χ0v) is 13.4. The molecule has 0 aromatic carbocycles. The third-order valence-electron chi connectivity index (χ3n) is 4.56. The van der Waals surface area contributed by atoms with E-state index in [1.165, 1.54) is 5.56 Å². The second-order valence-corrected chi connectivity index (χ2v) is 6.28. The van der Waals surface area contributed by atoms with Crippen LogP contribution in [0.1, 0.15) is 50.8 Å². The van der Waals surface area contributed by atoms with E-state index in [0.717, 1.165) is 50.9 Å². The van der Waals surface area contributed by atoms with Crippen molar-refractivity contribution in [1.82, 2.24) is 14.7 Å². The molecule has 118 valence electrons. The molecule has 0 saturated carbocycles. The van der Waals surface area contributed by atoms with Gasteiger partial charge in [0.1, 0.15) is 0 Å². The van der Waals surface area contributed by atoms with Crippen LogP contribution >= 0.6 is 0 Å². The van der Waals surface area contributed by atoms with Gasteiger partial charge in [-0.1, -0.05) is 20.3 Å². The summed E-state index contributed by atoms with van der Waals surface area (Å²) in [5.74, 6) is -0.629. The van der Waals surface area contributed by atoms with Gasteiger partial charge in [0.25, 0.3) is 0 Å². The summed E-state index contributed by atoms with van der Waals surface area (Å²) in [6.45, 7) is 6.64. The lowest BCUT2D eigenvalue weighted by molar-refractivity contribution is -0.153. The van der Waals surface area contributed by atoms with E-state index in [1.807, 2.05) is 11.7 Å². The molecule has 2 rings (SSSR count). The molecule has 0 spiro atoms. The Kier molecular flexibility index (Phi) is 5.04. The number of aryl methyl sites for hydroxylation is 2. The van der Waals surface area contributed by atoms with Gasteiger partial charge in [-0.15, -0.1) is 0 Å². The average Bonchev–Trinajstić information content (AvgIpc) is 2.79. The third kappa shape index (κ3) is 3.46. The molecule has 0 radical (unpaired) electrons. The molecule has 1 atom stereocenters. The normalized spacial score (nSPS) is 23.4. The first-order valence-corrected chi connectivity index (χ1v) is 7.98. The molecule has 1 unspecified atom stereocenters. The highest BCUT2D eigenvalue weighted by Crippen LogP contribution is 2.35. The topological polar surface area (TPSA) is 58.4 Å². The van der Waals surface area contributed by atoms with E-state index in [0.29, 0.717) is 6.54 Å². The Morgan fingerprint density at radius 2 is 2.24 bits per heavy atom. The van der Waals surface area contributed by atoms with E-state index in [9.17, 15) is 9.90 Å². The molecule has 0 amide bonds. The van der Waals surface area contributed by atoms with Gasteiger partial charge < -0.3 is 5.11 Å². The number of aliphatic carboxylic acids is 1. The predicted molar refractivity (Wildman–Crippen MR) is 82.1 cm³/mol. The van der Waals surface area contributed by atoms with Gasteiger partial charge in [0.2, 0.25) is 0 Å². The Morgan fingerprint density at radius 1 is 1.48 bits per heavy atom. The molecule has 1 aliphatic rings. The molecule has 2 heterocycles. The molecule has 0 bridgehead atoms. The lowest BCUT2D eigenvalue weighted by atomic mass is 9.76. The van der Waals surface area contributed by atoms with Crippen LogP contribution < -0.4 is 0 Å². The zero-order valence-electron chi connectivity index (χ0n) is 13.4. The number of hydrogen-bond acceptors (Lipinski definition) is 3. The van der Waals surface area contributed by atoms with E-state index in [4.69, 9.17) is 0 Å². The van der Waals surface area contributed by atoms with Gasteiger partial charge in [-0.2, -0.15) is 5.10 Å². The summed E-state index contributed by atoms with van der Waals surface area (Å²) in [5, 5.41) is 14.1. The molecule has 1 aromatic heterocycles. The highest BCUT2D eigenvalue weighted by atomic mass is 16.4.